The van der Waals surface area contributed by atoms with Gasteiger partial charge in [-0.05, 0) is 40.7 Å². The number of hydrogen-bond acceptors (Lipinski definition) is 2. The molecule has 3 nitrogen and oxygen atoms in total. The van der Waals surface area contributed by atoms with E-state index in [0.717, 1.165) is 19.5 Å². The Hall–Kier alpha value is -0.570. The second-order valence-corrected chi connectivity index (χ2v) is 4.50. The molecule has 0 saturated carbocycles. The van der Waals surface area contributed by atoms with Crippen LogP contribution in [-0.2, 0) is 4.79 Å². The lowest BCUT2D eigenvalue weighted by atomic mass is 10.0. The van der Waals surface area contributed by atoms with Gasteiger partial charge >= 0.3 is 0 Å². The van der Waals surface area contributed by atoms with Crippen LogP contribution in [0.25, 0.3) is 0 Å². The van der Waals surface area contributed by atoms with Crippen molar-refractivity contribution in [3.63, 3.8) is 0 Å². The van der Waals surface area contributed by atoms with E-state index in [1.807, 2.05) is 18.7 Å². The van der Waals surface area contributed by atoms with Gasteiger partial charge in [-0.15, -0.1) is 0 Å². The highest BCUT2D eigenvalue weighted by Gasteiger charge is 2.34. The normalized spacial score (nSPS) is 23.5. The largest absolute Gasteiger partial charge is 0.339 e. The van der Waals surface area contributed by atoms with Crippen molar-refractivity contribution in [2.75, 3.05) is 13.1 Å². The molecule has 0 atom stereocenters. The second kappa shape index (κ2) is 3.66. The Morgan fingerprint density at radius 3 is 2.62 bits per heavy atom. The van der Waals surface area contributed by atoms with Crippen LogP contribution in [0.5, 0.6) is 0 Å². The molecule has 1 aliphatic heterocycles. The molecule has 76 valence electrons. The number of hydrogen-bond donors (Lipinski definition) is 1. The zero-order chi connectivity index (χ0) is 10.1. The maximum absolute atomic E-state index is 12.0. The number of nitrogens with zero attached hydrogens (tertiary/aromatic N) is 1. The smallest absolute Gasteiger partial charge is 0.242 e. The van der Waals surface area contributed by atoms with Gasteiger partial charge in [-0.1, -0.05) is 0 Å². The van der Waals surface area contributed by atoms with Gasteiger partial charge in [0.2, 0.25) is 5.91 Å². The predicted octanol–water partition coefficient (Wildman–Crippen LogP) is 0.995. The summed E-state index contributed by atoms with van der Waals surface area (Å²) in [6, 6.07) is 0.312. The number of rotatable bonds is 1. The van der Waals surface area contributed by atoms with Crippen LogP contribution in [-0.4, -0.2) is 35.5 Å². The highest BCUT2D eigenvalue weighted by Crippen LogP contribution is 2.14. The van der Waals surface area contributed by atoms with E-state index >= 15 is 0 Å². The van der Waals surface area contributed by atoms with Crippen LogP contribution in [0.1, 0.15) is 34.1 Å². The summed E-state index contributed by atoms with van der Waals surface area (Å²) in [7, 11) is 0. The predicted molar refractivity (Wildman–Crippen MR) is 53.5 cm³/mol. The summed E-state index contributed by atoms with van der Waals surface area (Å²) in [4.78, 5) is 13.9. The molecule has 0 bridgehead atoms. The molecule has 3 heteroatoms. The molecular formula is C10H20N2O. The molecule has 1 fully saturated rings. The molecule has 0 aromatic carbocycles. The number of carbonyl (C=O) groups is 1. The molecule has 1 aliphatic rings. The van der Waals surface area contributed by atoms with Gasteiger partial charge in [0.1, 0.15) is 0 Å². The lowest BCUT2D eigenvalue weighted by Gasteiger charge is -2.31. The monoisotopic (exact) mass is 184 g/mol. The third kappa shape index (κ3) is 2.21. The van der Waals surface area contributed by atoms with E-state index in [1.165, 1.54) is 0 Å². The van der Waals surface area contributed by atoms with Crippen molar-refractivity contribution in [1.82, 2.24) is 10.2 Å². The Morgan fingerprint density at radius 1 is 1.46 bits per heavy atom. The fourth-order valence-electron chi connectivity index (χ4n) is 1.68. The molecule has 0 unspecified atom stereocenters. The third-order valence-electron chi connectivity index (χ3n) is 2.56. The topological polar surface area (TPSA) is 32.3 Å². The summed E-state index contributed by atoms with van der Waals surface area (Å²) in [5, 5.41) is 3.26. The molecular weight excluding hydrogens is 164 g/mol. The first-order chi connectivity index (χ1) is 5.95. The Kier molecular flexibility index (Phi) is 2.96. The molecule has 0 radical (unpaired) electrons. The molecule has 0 aromatic rings. The lowest BCUT2D eigenvalue weighted by Crippen LogP contribution is -2.53. The van der Waals surface area contributed by atoms with E-state index in [-0.39, 0.29) is 11.4 Å². The average Bonchev–Trinajstić information content (AvgIpc) is 2.13. The van der Waals surface area contributed by atoms with Crippen LogP contribution >= 0.6 is 0 Å². The number of amides is 1. The quantitative estimate of drug-likeness (QED) is 0.659. The van der Waals surface area contributed by atoms with Gasteiger partial charge in [-0.25, -0.2) is 0 Å². The summed E-state index contributed by atoms with van der Waals surface area (Å²) < 4.78 is 0. The van der Waals surface area contributed by atoms with Crippen molar-refractivity contribution in [2.24, 2.45) is 0 Å². The maximum Gasteiger partial charge on any atom is 0.242 e. The first kappa shape index (κ1) is 10.5. The fourth-order valence-corrected chi connectivity index (χ4v) is 1.68. The van der Waals surface area contributed by atoms with Crippen molar-refractivity contribution in [3.8, 4) is 0 Å². The molecule has 1 rings (SSSR count). The van der Waals surface area contributed by atoms with Gasteiger partial charge in [0, 0.05) is 12.6 Å². The Labute approximate surface area is 80.5 Å². The minimum atomic E-state index is -0.388. The van der Waals surface area contributed by atoms with Crippen molar-refractivity contribution in [2.45, 2.75) is 45.7 Å². The summed E-state index contributed by atoms with van der Waals surface area (Å²) in [5.41, 5.74) is -0.388. The SMILES string of the molecule is CC(C)N1CCCNC(C)(C)C1=O. The van der Waals surface area contributed by atoms with Gasteiger partial charge in [0.05, 0.1) is 5.54 Å². The fraction of sp³-hybridized carbons (Fsp3) is 0.900. The summed E-state index contributed by atoms with van der Waals surface area (Å²) in [5.74, 6) is 0.222. The van der Waals surface area contributed by atoms with Crippen LogP contribution < -0.4 is 5.32 Å². The van der Waals surface area contributed by atoms with Crippen molar-refractivity contribution in [3.05, 3.63) is 0 Å². The lowest BCUT2D eigenvalue weighted by molar-refractivity contribution is -0.137. The van der Waals surface area contributed by atoms with Gasteiger partial charge in [-0.2, -0.15) is 0 Å². The zero-order valence-electron chi connectivity index (χ0n) is 9.05. The van der Waals surface area contributed by atoms with E-state index in [0.29, 0.717) is 6.04 Å². The van der Waals surface area contributed by atoms with E-state index in [1.54, 1.807) is 0 Å². The molecule has 1 heterocycles. The minimum absolute atomic E-state index is 0.222. The minimum Gasteiger partial charge on any atom is -0.339 e. The van der Waals surface area contributed by atoms with Crippen LogP contribution in [0.2, 0.25) is 0 Å². The van der Waals surface area contributed by atoms with Crippen LogP contribution in [0.3, 0.4) is 0 Å². The highest BCUT2D eigenvalue weighted by molar-refractivity contribution is 5.86. The zero-order valence-corrected chi connectivity index (χ0v) is 9.05. The molecule has 0 spiro atoms. The highest BCUT2D eigenvalue weighted by atomic mass is 16.2. The van der Waals surface area contributed by atoms with Crippen molar-refractivity contribution < 1.29 is 4.79 Å². The maximum atomic E-state index is 12.0. The Morgan fingerprint density at radius 2 is 2.08 bits per heavy atom. The van der Waals surface area contributed by atoms with Gasteiger partial charge in [0.25, 0.3) is 0 Å². The molecule has 0 aromatic heterocycles. The van der Waals surface area contributed by atoms with Crippen LogP contribution in [0, 0.1) is 0 Å². The molecule has 13 heavy (non-hydrogen) atoms. The number of carbonyl (C=O) groups excluding carboxylic acids is 1. The second-order valence-electron chi connectivity index (χ2n) is 4.50. The number of nitrogens with one attached hydrogen (secondary N) is 1. The molecule has 0 aliphatic carbocycles. The van der Waals surface area contributed by atoms with E-state index < -0.39 is 0 Å². The Bertz CT molecular complexity index is 199. The van der Waals surface area contributed by atoms with Gasteiger partial charge < -0.3 is 10.2 Å². The molecule has 1 amide bonds. The van der Waals surface area contributed by atoms with Crippen LogP contribution in [0.4, 0.5) is 0 Å². The summed E-state index contributed by atoms with van der Waals surface area (Å²) >= 11 is 0. The Balaban J connectivity index is 2.80. The summed E-state index contributed by atoms with van der Waals surface area (Å²) in [6.45, 7) is 9.86. The molecule has 1 saturated heterocycles. The van der Waals surface area contributed by atoms with Gasteiger partial charge in [0.15, 0.2) is 0 Å². The van der Waals surface area contributed by atoms with E-state index in [9.17, 15) is 4.79 Å². The first-order valence-corrected chi connectivity index (χ1v) is 5.01. The summed E-state index contributed by atoms with van der Waals surface area (Å²) in [6.07, 6.45) is 1.05. The average molecular weight is 184 g/mol. The van der Waals surface area contributed by atoms with Gasteiger partial charge in [-0.3, -0.25) is 4.79 Å². The first-order valence-electron chi connectivity index (χ1n) is 5.01. The van der Waals surface area contributed by atoms with E-state index in [4.69, 9.17) is 0 Å². The van der Waals surface area contributed by atoms with E-state index in [2.05, 4.69) is 19.2 Å². The molecule has 1 N–H and O–H groups in total. The van der Waals surface area contributed by atoms with Crippen molar-refractivity contribution >= 4 is 5.91 Å². The third-order valence-corrected chi connectivity index (χ3v) is 2.56. The standard InChI is InChI=1S/C10H20N2O/c1-8(2)12-7-5-6-11-10(3,4)9(12)13/h8,11H,5-7H2,1-4H3. The van der Waals surface area contributed by atoms with Crippen LogP contribution in [0.15, 0.2) is 0 Å². The van der Waals surface area contributed by atoms with Crippen molar-refractivity contribution in [1.29, 1.82) is 0 Å².